The van der Waals surface area contributed by atoms with E-state index in [4.69, 9.17) is 26.2 Å². The van der Waals surface area contributed by atoms with Gasteiger partial charge in [0.2, 0.25) is 17.7 Å². The molecule has 0 heterocycles. The second-order valence-electron chi connectivity index (χ2n) is 11.2. The van der Waals surface area contributed by atoms with Crippen LogP contribution in [0.15, 0.2) is 66.5 Å². The fourth-order valence-corrected chi connectivity index (χ4v) is 4.62. The molecular formula is C36H58N8O7. The molecule has 0 aliphatic carbocycles. The Kier molecular flexibility index (Phi) is 26.0. The third kappa shape index (κ3) is 22.4. The van der Waals surface area contributed by atoms with Crippen LogP contribution in [0.1, 0.15) is 44.7 Å². The summed E-state index contributed by atoms with van der Waals surface area (Å²) in [6, 6.07) is 15.7. The molecule has 2 rings (SSSR count). The summed E-state index contributed by atoms with van der Waals surface area (Å²) in [5.41, 5.74) is 8.31. The Hall–Kier alpha value is -4.99. The van der Waals surface area contributed by atoms with E-state index in [0.717, 1.165) is 24.1 Å². The maximum Gasteiger partial charge on any atom is 0.290 e. The molecule has 0 aromatic heterocycles. The van der Waals surface area contributed by atoms with Gasteiger partial charge in [0.15, 0.2) is 0 Å². The third-order valence-corrected chi connectivity index (χ3v) is 6.84. The topological polar surface area (TPSA) is 221 Å². The monoisotopic (exact) mass is 714 g/mol. The smallest absolute Gasteiger partial charge is 0.290 e. The highest BCUT2D eigenvalue weighted by Crippen LogP contribution is 2.13. The Morgan fingerprint density at radius 1 is 0.961 bits per heavy atom. The number of aldehydes is 1. The van der Waals surface area contributed by atoms with E-state index in [1.807, 2.05) is 80.4 Å². The number of nitrogens with two attached hydrogens (primary N) is 2. The van der Waals surface area contributed by atoms with Crippen molar-refractivity contribution in [1.82, 2.24) is 31.2 Å². The summed E-state index contributed by atoms with van der Waals surface area (Å²) >= 11 is 0. The number of ether oxygens (including phenoxy) is 1. The quantitative estimate of drug-likeness (QED) is 0.0511. The SMILES string of the molecule is CC.CCCN(C)CC(=O)N[C@@H](Cc1ccccc1)C(=O)NCCc1ccc(OCCN(N)/C=C(\N)CC(C=O)NC(=O)CNC)cc1.O=CO. The van der Waals surface area contributed by atoms with Gasteiger partial charge in [-0.2, -0.15) is 0 Å². The van der Waals surface area contributed by atoms with Crippen molar-refractivity contribution in [2.45, 2.75) is 58.5 Å². The van der Waals surface area contributed by atoms with E-state index in [2.05, 4.69) is 28.2 Å². The molecule has 2 aromatic carbocycles. The Bertz CT molecular complexity index is 1300. The van der Waals surface area contributed by atoms with Gasteiger partial charge in [-0.1, -0.05) is 63.2 Å². The van der Waals surface area contributed by atoms with Crippen molar-refractivity contribution >= 4 is 30.5 Å². The highest BCUT2D eigenvalue weighted by molar-refractivity contribution is 5.88. The fraction of sp³-hybridized carbons (Fsp3) is 0.472. The Balaban J connectivity index is 0.00000473. The van der Waals surface area contributed by atoms with Gasteiger partial charge in [-0.3, -0.25) is 24.1 Å². The van der Waals surface area contributed by atoms with Crippen molar-refractivity contribution in [3.63, 3.8) is 0 Å². The molecule has 0 fully saturated rings. The van der Waals surface area contributed by atoms with E-state index in [9.17, 15) is 19.2 Å². The molecule has 0 saturated carbocycles. The number of hydrazine groups is 1. The lowest BCUT2D eigenvalue weighted by atomic mass is 10.0. The normalized spacial score (nSPS) is 11.7. The number of benzene rings is 2. The lowest BCUT2D eigenvalue weighted by Crippen LogP contribution is -2.50. The molecule has 9 N–H and O–H groups in total. The van der Waals surface area contributed by atoms with Crippen molar-refractivity contribution in [2.24, 2.45) is 11.6 Å². The molecule has 2 atom stereocenters. The number of hydrogen-bond donors (Lipinski definition) is 7. The van der Waals surface area contributed by atoms with Gasteiger partial charge in [0.1, 0.15) is 24.7 Å². The first kappa shape index (κ1) is 46.0. The largest absolute Gasteiger partial charge is 0.492 e. The predicted octanol–water partition coefficient (Wildman–Crippen LogP) is 0.789. The van der Waals surface area contributed by atoms with Crippen LogP contribution in [0.5, 0.6) is 5.75 Å². The van der Waals surface area contributed by atoms with E-state index in [1.165, 1.54) is 11.2 Å². The van der Waals surface area contributed by atoms with Gasteiger partial charge < -0.3 is 46.6 Å². The van der Waals surface area contributed by atoms with E-state index in [0.29, 0.717) is 43.7 Å². The number of carbonyl (C=O) groups is 5. The Morgan fingerprint density at radius 3 is 2.20 bits per heavy atom. The molecule has 0 aliphatic heterocycles. The van der Waals surface area contributed by atoms with Crippen LogP contribution >= 0.6 is 0 Å². The van der Waals surface area contributed by atoms with Crippen molar-refractivity contribution in [2.75, 3.05) is 53.4 Å². The van der Waals surface area contributed by atoms with E-state index < -0.39 is 12.1 Å². The maximum absolute atomic E-state index is 13.1. The molecule has 0 aliphatic rings. The lowest BCUT2D eigenvalue weighted by molar-refractivity contribution is -0.129. The second-order valence-corrected chi connectivity index (χ2v) is 11.2. The highest BCUT2D eigenvalue weighted by Gasteiger charge is 2.21. The zero-order chi connectivity index (χ0) is 38.4. The zero-order valence-electron chi connectivity index (χ0n) is 30.6. The number of likely N-dealkylation sites (N-methyl/N-ethyl adjacent to an activating group) is 2. The van der Waals surface area contributed by atoms with E-state index in [-0.39, 0.29) is 50.3 Å². The minimum absolute atomic E-state index is 0.0972. The zero-order valence-corrected chi connectivity index (χ0v) is 30.6. The standard InChI is InChI=1S/C33H50N8O5.C2H6.CH2O2/c1-4-16-40(3)23-32(44)39-30(19-26-8-6-5-7-9-26)33(45)37-15-14-25-10-12-29(13-11-25)46-18-17-41(35)22-27(34)20-28(24-42)38-31(43)21-36-2;1-2;2-1-3/h5-13,22,24,28,30,36H,4,14-21,23,34-35H2,1-3H3,(H,37,45)(H,38,43)(H,39,44);1-2H3;1H,(H,2,3)/b27-22-;;/t28?,30-;;/m0../s1. The van der Waals surface area contributed by atoms with E-state index in [1.54, 1.807) is 7.05 Å². The fourth-order valence-electron chi connectivity index (χ4n) is 4.62. The maximum atomic E-state index is 13.1. The minimum Gasteiger partial charge on any atom is -0.492 e. The number of nitrogens with zero attached hydrogens (tertiary/aromatic N) is 2. The Morgan fingerprint density at radius 2 is 1.61 bits per heavy atom. The van der Waals surface area contributed by atoms with Crippen molar-refractivity contribution in [3.05, 3.63) is 77.6 Å². The minimum atomic E-state index is -0.743. The molecule has 0 spiro atoms. The summed E-state index contributed by atoms with van der Waals surface area (Å²) in [6.45, 7) is 7.97. The van der Waals surface area contributed by atoms with Gasteiger partial charge in [-0.25, -0.2) is 5.84 Å². The molecule has 0 bridgehead atoms. The van der Waals surface area contributed by atoms with Crippen molar-refractivity contribution < 1.29 is 33.8 Å². The number of nitrogens with one attached hydrogen (secondary N) is 4. The molecule has 1 unspecified atom stereocenters. The van der Waals surface area contributed by atoms with Crippen molar-refractivity contribution in [1.29, 1.82) is 0 Å². The molecule has 51 heavy (non-hydrogen) atoms. The van der Waals surface area contributed by atoms with Crippen LogP contribution in [-0.2, 0) is 36.8 Å². The van der Waals surface area contributed by atoms with Crippen LogP contribution < -0.4 is 37.6 Å². The molecular weight excluding hydrogens is 656 g/mol. The van der Waals surface area contributed by atoms with Crippen LogP contribution in [0.2, 0.25) is 0 Å². The molecule has 15 heteroatoms. The number of rotatable bonds is 22. The molecule has 0 radical (unpaired) electrons. The summed E-state index contributed by atoms with van der Waals surface area (Å²) in [7, 11) is 3.52. The van der Waals surface area contributed by atoms with Crippen LogP contribution in [-0.4, -0.2) is 111 Å². The number of hydrogen-bond acceptors (Lipinski definition) is 11. The average Bonchev–Trinajstić information content (AvgIpc) is 3.10. The highest BCUT2D eigenvalue weighted by atomic mass is 16.5. The molecule has 0 saturated heterocycles. The van der Waals surface area contributed by atoms with Crippen LogP contribution in [0.25, 0.3) is 0 Å². The van der Waals surface area contributed by atoms with Gasteiger partial charge >= 0.3 is 0 Å². The third-order valence-electron chi connectivity index (χ3n) is 6.84. The van der Waals surface area contributed by atoms with Gasteiger partial charge in [0.25, 0.3) is 6.47 Å². The summed E-state index contributed by atoms with van der Waals surface area (Å²) in [6.07, 6.45) is 4.22. The van der Waals surface area contributed by atoms with Crippen LogP contribution in [0.3, 0.4) is 0 Å². The van der Waals surface area contributed by atoms with Crippen molar-refractivity contribution in [3.8, 4) is 5.75 Å². The van der Waals surface area contributed by atoms with Gasteiger partial charge in [-0.05, 0) is 56.7 Å². The predicted molar refractivity (Wildman–Crippen MR) is 198 cm³/mol. The summed E-state index contributed by atoms with van der Waals surface area (Å²) in [5.74, 6) is 5.93. The summed E-state index contributed by atoms with van der Waals surface area (Å²) < 4.78 is 5.78. The molecule has 2 aromatic rings. The van der Waals surface area contributed by atoms with Gasteiger partial charge in [-0.15, -0.1) is 0 Å². The van der Waals surface area contributed by atoms with E-state index >= 15 is 0 Å². The summed E-state index contributed by atoms with van der Waals surface area (Å²) in [4.78, 5) is 59.0. The van der Waals surface area contributed by atoms with Crippen LogP contribution in [0, 0.1) is 0 Å². The first-order valence-electron chi connectivity index (χ1n) is 17.0. The molecule has 284 valence electrons. The number of amides is 3. The average molecular weight is 715 g/mol. The first-order valence-corrected chi connectivity index (χ1v) is 17.0. The van der Waals surface area contributed by atoms with Crippen LogP contribution in [0.4, 0.5) is 0 Å². The first-order chi connectivity index (χ1) is 24.5. The van der Waals surface area contributed by atoms with Gasteiger partial charge in [0, 0.05) is 31.3 Å². The summed E-state index contributed by atoms with van der Waals surface area (Å²) in [5, 5.41) is 19.4. The molecule has 15 nitrogen and oxygen atoms in total. The second kappa shape index (κ2) is 28.8. The van der Waals surface area contributed by atoms with Gasteiger partial charge in [0.05, 0.1) is 25.7 Å². The Labute approximate surface area is 302 Å². The molecule has 3 amide bonds. The lowest BCUT2D eigenvalue weighted by Gasteiger charge is -2.21. The number of carbonyl (C=O) groups excluding carboxylic acids is 4. The number of carboxylic acid groups (broad SMARTS) is 1.